The van der Waals surface area contributed by atoms with E-state index in [4.69, 9.17) is 9.84 Å². The summed E-state index contributed by atoms with van der Waals surface area (Å²) in [6.45, 7) is 0.135. The Morgan fingerprint density at radius 3 is 2.08 bits per heavy atom. The van der Waals surface area contributed by atoms with Crippen LogP contribution in [-0.2, 0) is 4.74 Å². The Balaban J connectivity index is 2.84. The molecule has 0 saturated carbocycles. The average Bonchev–Trinajstić information content (AvgIpc) is 2.05. The third-order valence-electron chi connectivity index (χ3n) is 1.95. The van der Waals surface area contributed by atoms with Gasteiger partial charge in [-0.2, -0.15) is 9.28 Å². The van der Waals surface area contributed by atoms with E-state index in [0.717, 1.165) is 0 Å². The van der Waals surface area contributed by atoms with Gasteiger partial charge in [-0.15, -0.1) is 0 Å². The molecule has 6 nitrogen and oxygen atoms in total. The number of amides is 2. The first-order chi connectivity index (χ1) is 5.59. The van der Waals surface area contributed by atoms with Crippen LogP contribution in [-0.4, -0.2) is 48.1 Å². The Labute approximate surface area is 68.6 Å². The van der Waals surface area contributed by atoms with Crippen LogP contribution in [0.3, 0.4) is 0 Å². The topological polar surface area (TPSA) is 86.7 Å². The van der Waals surface area contributed by atoms with E-state index in [1.54, 1.807) is 0 Å². The summed E-state index contributed by atoms with van der Waals surface area (Å²) in [4.78, 5) is 21.2. The highest BCUT2D eigenvalue weighted by atomic mass is 16.5. The number of hydrogen-bond acceptors (Lipinski definition) is 4. The Kier molecular flexibility index (Phi) is 2.30. The van der Waals surface area contributed by atoms with Crippen LogP contribution in [0.5, 0.6) is 0 Å². The number of ether oxygens (including phenoxy) is 1. The Morgan fingerprint density at radius 1 is 1.33 bits per heavy atom. The fourth-order valence-corrected chi connectivity index (χ4v) is 1.11. The molecule has 1 fully saturated rings. The lowest BCUT2D eigenvalue weighted by Crippen LogP contribution is -2.65. The van der Waals surface area contributed by atoms with Crippen LogP contribution >= 0.6 is 0 Å². The van der Waals surface area contributed by atoms with E-state index in [9.17, 15) is 14.7 Å². The number of rotatable bonds is 0. The molecule has 1 N–H and O–H groups in total. The molecule has 1 aliphatic rings. The van der Waals surface area contributed by atoms with Gasteiger partial charge in [-0.1, -0.05) is 0 Å². The van der Waals surface area contributed by atoms with Gasteiger partial charge in [0.25, 0.3) is 6.09 Å². The fourth-order valence-electron chi connectivity index (χ4n) is 1.11. The van der Waals surface area contributed by atoms with Crippen LogP contribution in [0.15, 0.2) is 0 Å². The predicted molar refractivity (Wildman–Crippen MR) is 34.2 cm³/mol. The molecule has 0 unspecified atom stereocenters. The quantitative estimate of drug-likeness (QED) is 0.470. The van der Waals surface area contributed by atoms with Gasteiger partial charge in [0.05, 0.1) is 13.2 Å². The van der Waals surface area contributed by atoms with Gasteiger partial charge < -0.3 is 19.7 Å². The molecular weight excluding hydrogens is 166 g/mol. The minimum atomic E-state index is -1.58. The van der Waals surface area contributed by atoms with E-state index in [2.05, 4.69) is 0 Å². The molecule has 6 heteroatoms. The highest BCUT2D eigenvalue weighted by Crippen LogP contribution is 2.11. The van der Waals surface area contributed by atoms with E-state index in [1.165, 1.54) is 0 Å². The molecule has 0 spiro atoms. The summed E-state index contributed by atoms with van der Waals surface area (Å²) < 4.78 is 3.81. The third-order valence-corrected chi connectivity index (χ3v) is 1.95. The molecule has 12 heavy (non-hydrogen) atoms. The molecule has 0 aromatic heterocycles. The van der Waals surface area contributed by atoms with Crippen molar-refractivity contribution in [2.24, 2.45) is 0 Å². The minimum absolute atomic E-state index is 0.0718. The van der Waals surface area contributed by atoms with Gasteiger partial charge in [-0.25, -0.2) is 0 Å². The first-order valence-corrected chi connectivity index (χ1v) is 3.49. The van der Waals surface area contributed by atoms with Gasteiger partial charge in [0.2, 0.25) is 0 Å². The second kappa shape index (κ2) is 3.08. The number of carbonyl (C=O) groups is 2. The number of hydrogen-bond donors (Lipinski definition) is 1. The van der Waals surface area contributed by atoms with Crippen molar-refractivity contribution in [3.63, 3.8) is 0 Å². The number of carboxylic acid groups (broad SMARTS) is 2. The monoisotopic (exact) mass is 175 g/mol. The predicted octanol–water partition coefficient (Wildman–Crippen LogP) is -1.15. The van der Waals surface area contributed by atoms with Gasteiger partial charge in [-0.3, -0.25) is 0 Å². The van der Waals surface area contributed by atoms with Crippen LogP contribution in [0.25, 0.3) is 0 Å². The first kappa shape index (κ1) is 8.95. The molecule has 68 valence electrons. The maximum absolute atomic E-state index is 10.6. The summed E-state index contributed by atoms with van der Waals surface area (Å²) in [5.41, 5.74) is 0. The van der Waals surface area contributed by atoms with Crippen molar-refractivity contribution in [3.05, 3.63) is 0 Å². The van der Waals surface area contributed by atoms with Crippen molar-refractivity contribution < 1.29 is 29.0 Å². The molecule has 0 bridgehead atoms. The Hall–Kier alpha value is -1.14. The van der Waals surface area contributed by atoms with Crippen LogP contribution in [0.2, 0.25) is 0 Å². The van der Waals surface area contributed by atoms with Crippen molar-refractivity contribution in [3.8, 4) is 0 Å². The number of quaternary nitrogens is 1. The summed E-state index contributed by atoms with van der Waals surface area (Å²) in [6, 6.07) is 0. The van der Waals surface area contributed by atoms with Crippen LogP contribution in [0, 0.1) is 0 Å². The van der Waals surface area contributed by atoms with Crippen molar-refractivity contribution >= 4 is 12.2 Å². The van der Waals surface area contributed by atoms with E-state index in [0.29, 0.717) is 0 Å². The lowest BCUT2D eigenvalue weighted by molar-refractivity contribution is -0.816. The standard InChI is InChI=1S/C6H9NO5/c8-5(9)7(6(10)11)1-3-12-4-2-7/h1-4H2,(H-,8,9,10,11). The summed E-state index contributed by atoms with van der Waals surface area (Å²) in [5.74, 6) is 0. The summed E-state index contributed by atoms with van der Waals surface area (Å²) in [6.07, 6.45) is -2.97. The van der Waals surface area contributed by atoms with Gasteiger partial charge in [0, 0.05) is 0 Å². The van der Waals surface area contributed by atoms with Crippen LogP contribution in [0.4, 0.5) is 9.59 Å². The third kappa shape index (κ3) is 1.26. The maximum atomic E-state index is 10.6. The van der Waals surface area contributed by atoms with Gasteiger partial charge in [-0.05, 0) is 0 Å². The number of imide groups is 1. The highest BCUT2D eigenvalue weighted by molar-refractivity contribution is 5.72. The van der Waals surface area contributed by atoms with Crippen molar-refractivity contribution in [1.82, 2.24) is 0 Å². The van der Waals surface area contributed by atoms with Crippen LogP contribution < -0.4 is 5.11 Å². The Bertz CT molecular complexity index is 192. The van der Waals surface area contributed by atoms with Gasteiger partial charge in [0.15, 0.2) is 0 Å². The fraction of sp³-hybridized carbons (Fsp3) is 0.667. The molecule has 1 heterocycles. The molecule has 0 aromatic carbocycles. The largest absolute Gasteiger partial charge is 0.520 e. The van der Waals surface area contributed by atoms with Crippen molar-refractivity contribution in [1.29, 1.82) is 0 Å². The molecule has 1 rings (SSSR count). The maximum Gasteiger partial charge on any atom is 0.520 e. The molecule has 0 aliphatic carbocycles. The van der Waals surface area contributed by atoms with E-state index in [1.807, 2.05) is 0 Å². The lowest BCUT2D eigenvalue weighted by atomic mass is 10.3. The summed E-state index contributed by atoms with van der Waals surface area (Å²) in [7, 11) is 0. The number of carbonyl (C=O) groups excluding carboxylic acids is 1. The normalized spacial score (nSPS) is 21.7. The number of morpholine rings is 1. The van der Waals surface area contributed by atoms with Crippen LogP contribution in [0.1, 0.15) is 0 Å². The summed E-state index contributed by atoms with van der Waals surface area (Å²) in [5, 5.41) is 19.2. The first-order valence-electron chi connectivity index (χ1n) is 3.49. The van der Waals surface area contributed by atoms with E-state index < -0.39 is 16.7 Å². The molecule has 1 aliphatic heterocycles. The Morgan fingerprint density at radius 2 is 1.83 bits per heavy atom. The molecular formula is C6H9NO5. The smallest absolute Gasteiger partial charge is 0.498 e. The number of nitrogens with zero attached hydrogens (tertiary/aromatic N) is 1. The second-order valence-corrected chi connectivity index (χ2v) is 2.58. The zero-order chi connectivity index (χ0) is 9.19. The van der Waals surface area contributed by atoms with Gasteiger partial charge in [0.1, 0.15) is 13.1 Å². The zero-order valence-corrected chi connectivity index (χ0v) is 6.36. The molecule has 0 radical (unpaired) electrons. The molecule has 2 amide bonds. The highest BCUT2D eigenvalue weighted by Gasteiger charge is 2.41. The molecule has 0 atom stereocenters. The second-order valence-electron chi connectivity index (χ2n) is 2.58. The summed E-state index contributed by atoms with van der Waals surface area (Å²) >= 11 is 0. The molecule has 0 aromatic rings. The average molecular weight is 175 g/mol. The van der Waals surface area contributed by atoms with E-state index >= 15 is 0 Å². The van der Waals surface area contributed by atoms with E-state index in [-0.39, 0.29) is 26.3 Å². The zero-order valence-electron chi connectivity index (χ0n) is 6.36. The van der Waals surface area contributed by atoms with Crippen molar-refractivity contribution in [2.75, 3.05) is 26.3 Å². The molecule has 1 saturated heterocycles. The minimum Gasteiger partial charge on any atom is -0.498 e. The lowest BCUT2D eigenvalue weighted by Gasteiger charge is -2.34. The van der Waals surface area contributed by atoms with Gasteiger partial charge >= 0.3 is 6.09 Å². The SMILES string of the molecule is O=C([O-])[N+]1(C(=O)O)CCOCC1. The van der Waals surface area contributed by atoms with Crippen molar-refractivity contribution in [2.45, 2.75) is 0 Å².